The average molecular weight is 435 g/mol. The highest BCUT2D eigenvalue weighted by atomic mass is 32.3. The van der Waals surface area contributed by atoms with Crippen LogP contribution in [-0.2, 0) is 19.5 Å². The third-order valence-corrected chi connectivity index (χ3v) is 9.76. The second-order valence-electron chi connectivity index (χ2n) is 6.75. The van der Waals surface area contributed by atoms with Crippen LogP contribution < -0.4 is 0 Å². The van der Waals surface area contributed by atoms with Gasteiger partial charge in [0.1, 0.15) is 5.75 Å². The van der Waals surface area contributed by atoms with Gasteiger partial charge in [-0.15, -0.1) is 0 Å². The molecular formula is C25H22O3S2. The molecule has 152 valence electrons. The lowest BCUT2D eigenvalue weighted by molar-refractivity contribution is 0.507. The van der Waals surface area contributed by atoms with Crippen LogP contribution in [0.25, 0.3) is 0 Å². The summed E-state index contributed by atoms with van der Waals surface area (Å²) in [5.41, 5.74) is 0.694. The van der Waals surface area contributed by atoms with Crippen LogP contribution in [0.1, 0.15) is 5.56 Å². The summed E-state index contributed by atoms with van der Waals surface area (Å²) in [6.07, 6.45) is 0. The topological polar surface area (TPSA) is 43.4 Å². The van der Waals surface area contributed by atoms with Crippen LogP contribution in [0.3, 0.4) is 0 Å². The quantitative estimate of drug-likeness (QED) is 0.337. The maximum atomic E-state index is 13.3. The molecule has 5 heteroatoms. The Morgan fingerprint density at radius 2 is 0.833 bits per heavy atom. The van der Waals surface area contributed by atoms with Gasteiger partial charge < -0.3 is 0 Å². The first kappa shape index (κ1) is 20.4. The molecule has 0 unspecified atom stereocenters. The Bertz CT molecular complexity index is 1080. The molecule has 0 aliphatic heterocycles. The van der Waals surface area contributed by atoms with Crippen molar-refractivity contribution in [1.29, 1.82) is 0 Å². The van der Waals surface area contributed by atoms with E-state index in [1.54, 1.807) is 12.1 Å². The van der Waals surface area contributed by atoms with Crippen LogP contribution in [0.4, 0.5) is 0 Å². The zero-order chi connectivity index (χ0) is 20.9. The molecule has 4 rings (SSSR count). The first-order chi connectivity index (χ1) is 14.6. The second kappa shape index (κ2) is 8.88. The fourth-order valence-corrected chi connectivity index (χ4v) is 8.74. The van der Waals surface area contributed by atoms with E-state index in [9.17, 15) is 8.42 Å². The van der Waals surface area contributed by atoms with Crippen LogP contribution >= 0.6 is 10.3 Å². The van der Waals surface area contributed by atoms with Crippen LogP contribution in [0.15, 0.2) is 136 Å². The summed E-state index contributed by atoms with van der Waals surface area (Å²) in [5, 5.41) is 0. The highest BCUT2D eigenvalue weighted by molar-refractivity contribution is 8.33. The molecule has 0 amide bonds. The van der Waals surface area contributed by atoms with Gasteiger partial charge in [0.05, 0.1) is 0 Å². The van der Waals surface area contributed by atoms with E-state index in [0.717, 1.165) is 14.7 Å². The van der Waals surface area contributed by atoms with Gasteiger partial charge in [0.15, 0.2) is 0 Å². The Hall–Kier alpha value is -2.86. The molecule has 3 nitrogen and oxygen atoms in total. The Balaban J connectivity index is 1.91. The summed E-state index contributed by atoms with van der Waals surface area (Å²) in [5.74, 6) is -0.185. The normalized spacial score (nSPS) is 12.4. The largest absolute Gasteiger partial charge is 0.281 e. The highest BCUT2D eigenvalue weighted by Crippen LogP contribution is 2.69. The van der Waals surface area contributed by atoms with Crippen LogP contribution in [0, 0.1) is 0 Å². The van der Waals surface area contributed by atoms with Crippen LogP contribution in [-0.4, -0.2) is 8.42 Å². The lowest BCUT2D eigenvalue weighted by Gasteiger charge is -2.39. The predicted molar refractivity (Wildman–Crippen MR) is 122 cm³/mol. The van der Waals surface area contributed by atoms with Crippen LogP contribution in [0.5, 0.6) is 0 Å². The molecule has 0 bridgehead atoms. The molecule has 0 atom stereocenters. The second-order valence-corrected chi connectivity index (χ2v) is 11.2. The fraction of sp³-hybridized carbons (Fsp3) is 0.0400. The van der Waals surface area contributed by atoms with E-state index in [2.05, 4.69) is 0 Å². The SMILES string of the molecule is O=S(=O)(Cc1ccccc1)OS(c1ccccc1)(c1ccccc1)c1ccccc1. The van der Waals surface area contributed by atoms with Crippen molar-refractivity contribution in [2.24, 2.45) is 0 Å². The van der Waals surface area contributed by atoms with Crippen LogP contribution in [0.2, 0.25) is 0 Å². The molecule has 30 heavy (non-hydrogen) atoms. The molecule has 0 aliphatic carbocycles. The van der Waals surface area contributed by atoms with E-state index >= 15 is 0 Å². The molecule has 0 heterocycles. The standard InChI is InChI=1S/C25H22O3S2/c26-29(27,21-22-13-5-1-6-14-22)28-30(23-15-7-2-8-16-23,24-17-9-3-10-18-24)25-19-11-4-12-20-25/h1-20H,21H2. The summed E-state index contributed by atoms with van der Waals surface area (Å²) in [6, 6.07) is 38.0. The van der Waals surface area contributed by atoms with Crippen molar-refractivity contribution in [1.82, 2.24) is 0 Å². The summed E-state index contributed by atoms with van der Waals surface area (Å²) in [7, 11) is -6.40. The van der Waals surface area contributed by atoms with Crippen molar-refractivity contribution >= 4 is 20.4 Å². The van der Waals surface area contributed by atoms with E-state index in [0.29, 0.717) is 5.56 Å². The number of hydrogen-bond acceptors (Lipinski definition) is 3. The molecule has 0 N–H and O–H groups in total. The first-order valence-corrected chi connectivity index (χ1v) is 12.7. The molecule has 0 saturated heterocycles. The summed E-state index contributed by atoms with van der Waals surface area (Å²) < 4.78 is 32.9. The van der Waals surface area contributed by atoms with E-state index in [4.69, 9.17) is 3.63 Å². The smallest absolute Gasteiger partial charge is 0.206 e. The zero-order valence-corrected chi connectivity index (χ0v) is 17.9. The third kappa shape index (κ3) is 4.33. The van der Waals surface area contributed by atoms with Gasteiger partial charge in [-0.2, -0.15) is 8.42 Å². The first-order valence-electron chi connectivity index (χ1n) is 9.56. The molecule has 4 aromatic rings. The lowest BCUT2D eigenvalue weighted by atomic mass is 10.2. The summed E-state index contributed by atoms with van der Waals surface area (Å²) in [4.78, 5) is 2.50. The molecule has 0 radical (unpaired) electrons. The third-order valence-electron chi connectivity index (χ3n) is 4.62. The molecule has 0 spiro atoms. The lowest BCUT2D eigenvalue weighted by Crippen LogP contribution is -2.15. The average Bonchev–Trinajstić information content (AvgIpc) is 2.80. The van der Waals surface area contributed by atoms with Gasteiger partial charge in [-0.25, -0.2) is 3.63 Å². The maximum Gasteiger partial charge on any atom is 0.281 e. The summed E-state index contributed by atoms with van der Waals surface area (Å²) in [6.45, 7) is 0. The number of rotatable bonds is 7. The Labute approximate surface area is 179 Å². The minimum absolute atomic E-state index is 0.185. The monoisotopic (exact) mass is 434 g/mol. The van der Waals surface area contributed by atoms with Gasteiger partial charge in [-0.3, -0.25) is 0 Å². The Kier molecular flexibility index (Phi) is 6.04. The Morgan fingerprint density at radius 3 is 1.20 bits per heavy atom. The molecular weight excluding hydrogens is 412 g/mol. The van der Waals surface area contributed by atoms with Crippen molar-refractivity contribution < 1.29 is 12.0 Å². The minimum Gasteiger partial charge on any atom is -0.206 e. The van der Waals surface area contributed by atoms with Crippen molar-refractivity contribution in [3.05, 3.63) is 127 Å². The van der Waals surface area contributed by atoms with Crippen molar-refractivity contribution in [2.45, 2.75) is 20.4 Å². The highest BCUT2D eigenvalue weighted by Gasteiger charge is 2.37. The fourth-order valence-electron chi connectivity index (χ4n) is 3.32. The van der Waals surface area contributed by atoms with E-state index in [1.807, 2.05) is 109 Å². The van der Waals surface area contributed by atoms with Gasteiger partial charge in [-0.1, -0.05) is 84.9 Å². The number of benzene rings is 4. The van der Waals surface area contributed by atoms with Gasteiger partial charge in [0.25, 0.3) is 10.1 Å². The van der Waals surface area contributed by atoms with Crippen molar-refractivity contribution in [3.8, 4) is 0 Å². The number of hydrogen-bond donors (Lipinski definition) is 0. The minimum atomic E-state index is -3.90. The van der Waals surface area contributed by atoms with Crippen molar-refractivity contribution in [2.75, 3.05) is 0 Å². The summed E-state index contributed by atoms with van der Waals surface area (Å²) >= 11 is 0. The van der Waals surface area contributed by atoms with E-state index < -0.39 is 20.4 Å². The predicted octanol–water partition coefficient (Wildman–Crippen LogP) is 6.43. The molecule has 4 aromatic carbocycles. The molecule has 0 aliphatic rings. The maximum absolute atomic E-state index is 13.3. The van der Waals surface area contributed by atoms with Crippen molar-refractivity contribution in [3.63, 3.8) is 0 Å². The molecule has 0 fully saturated rings. The Morgan fingerprint density at radius 1 is 0.500 bits per heavy atom. The van der Waals surface area contributed by atoms with Gasteiger partial charge >= 0.3 is 0 Å². The zero-order valence-electron chi connectivity index (χ0n) is 16.3. The van der Waals surface area contributed by atoms with E-state index in [1.165, 1.54) is 0 Å². The van der Waals surface area contributed by atoms with Gasteiger partial charge in [0, 0.05) is 14.7 Å². The van der Waals surface area contributed by atoms with E-state index in [-0.39, 0.29) is 5.75 Å². The van der Waals surface area contributed by atoms with Gasteiger partial charge in [-0.05, 0) is 52.3 Å². The van der Waals surface area contributed by atoms with Gasteiger partial charge in [0.2, 0.25) is 0 Å². The molecule has 0 aromatic heterocycles. The molecule has 0 saturated carbocycles.